The molecule has 0 bridgehead atoms. The molecule has 106 valence electrons. The summed E-state index contributed by atoms with van der Waals surface area (Å²) in [5.74, 6) is 0.168. The van der Waals surface area contributed by atoms with E-state index in [9.17, 15) is 4.79 Å². The van der Waals surface area contributed by atoms with E-state index in [2.05, 4.69) is 18.3 Å². The summed E-state index contributed by atoms with van der Waals surface area (Å²) in [6.07, 6.45) is 2.80. The lowest BCUT2D eigenvalue weighted by Crippen LogP contribution is -2.53. The second kappa shape index (κ2) is 6.06. The number of nitrogens with one attached hydrogen (secondary N) is 1. The van der Waals surface area contributed by atoms with Crippen LogP contribution in [0.25, 0.3) is 0 Å². The number of carbonyl (C=O) groups excluding carboxylic acids is 1. The molecule has 1 fully saturated rings. The SMILES string of the molecule is CCC1(C(=O)N(C)Cc2ccc(C#N)cc2)CCCN1. The zero-order valence-corrected chi connectivity index (χ0v) is 12.1. The Morgan fingerprint density at radius 3 is 2.65 bits per heavy atom. The van der Waals surface area contributed by atoms with Crippen molar-refractivity contribution in [2.45, 2.75) is 38.3 Å². The van der Waals surface area contributed by atoms with Crippen LogP contribution in [0.4, 0.5) is 0 Å². The molecule has 1 amide bonds. The second-order valence-corrected chi connectivity index (χ2v) is 5.44. The van der Waals surface area contributed by atoms with E-state index in [-0.39, 0.29) is 11.4 Å². The monoisotopic (exact) mass is 271 g/mol. The van der Waals surface area contributed by atoms with Crippen LogP contribution in [0.2, 0.25) is 0 Å². The van der Waals surface area contributed by atoms with Crippen LogP contribution in [0.3, 0.4) is 0 Å². The third-order valence-corrected chi connectivity index (χ3v) is 4.11. The van der Waals surface area contributed by atoms with Crippen LogP contribution in [0.5, 0.6) is 0 Å². The molecule has 1 aliphatic rings. The molecule has 0 spiro atoms. The average Bonchev–Trinajstić information content (AvgIpc) is 2.97. The molecule has 1 unspecified atom stereocenters. The maximum Gasteiger partial charge on any atom is 0.242 e. The van der Waals surface area contributed by atoms with Crippen LogP contribution in [-0.4, -0.2) is 29.9 Å². The molecule has 4 nitrogen and oxygen atoms in total. The Bertz CT molecular complexity index is 510. The number of carbonyl (C=O) groups is 1. The van der Waals surface area contributed by atoms with Crippen molar-refractivity contribution in [3.63, 3.8) is 0 Å². The Balaban J connectivity index is 2.05. The maximum absolute atomic E-state index is 12.6. The molecule has 2 rings (SSSR count). The molecule has 1 atom stereocenters. The van der Waals surface area contributed by atoms with E-state index in [0.717, 1.165) is 31.4 Å². The van der Waals surface area contributed by atoms with Gasteiger partial charge >= 0.3 is 0 Å². The van der Waals surface area contributed by atoms with Gasteiger partial charge in [-0.3, -0.25) is 4.79 Å². The van der Waals surface area contributed by atoms with Crippen molar-refractivity contribution in [2.75, 3.05) is 13.6 Å². The zero-order valence-electron chi connectivity index (χ0n) is 12.1. The fraction of sp³-hybridized carbons (Fsp3) is 0.500. The van der Waals surface area contributed by atoms with E-state index in [0.29, 0.717) is 12.1 Å². The molecule has 1 aromatic carbocycles. The Morgan fingerprint density at radius 1 is 1.45 bits per heavy atom. The van der Waals surface area contributed by atoms with Gasteiger partial charge in [0, 0.05) is 13.6 Å². The molecule has 1 aromatic rings. The van der Waals surface area contributed by atoms with Crippen LogP contribution >= 0.6 is 0 Å². The predicted octanol–water partition coefficient (Wildman–Crippen LogP) is 2.05. The lowest BCUT2D eigenvalue weighted by molar-refractivity contribution is -0.137. The molecule has 1 heterocycles. The normalized spacial score (nSPS) is 21.4. The number of benzene rings is 1. The van der Waals surface area contributed by atoms with Crippen molar-refractivity contribution in [3.8, 4) is 6.07 Å². The van der Waals surface area contributed by atoms with Crippen LogP contribution < -0.4 is 5.32 Å². The highest BCUT2D eigenvalue weighted by Gasteiger charge is 2.40. The van der Waals surface area contributed by atoms with Gasteiger partial charge in [0.05, 0.1) is 17.2 Å². The Hall–Kier alpha value is -1.86. The largest absolute Gasteiger partial charge is 0.340 e. The first kappa shape index (κ1) is 14.5. The van der Waals surface area contributed by atoms with E-state index in [1.54, 1.807) is 17.0 Å². The topological polar surface area (TPSA) is 56.1 Å². The van der Waals surface area contributed by atoms with E-state index < -0.39 is 0 Å². The Kier molecular flexibility index (Phi) is 4.41. The lowest BCUT2D eigenvalue weighted by Gasteiger charge is -2.31. The van der Waals surface area contributed by atoms with E-state index in [1.165, 1.54) is 0 Å². The quantitative estimate of drug-likeness (QED) is 0.912. The molecule has 4 heteroatoms. The van der Waals surface area contributed by atoms with Crippen molar-refractivity contribution in [3.05, 3.63) is 35.4 Å². The highest BCUT2D eigenvalue weighted by molar-refractivity contribution is 5.86. The highest BCUT2D eigenvalue weighted by Crippen LogP contribution is 2.25. The van der Waals surface area contributed by atoms with Gasteiger partial charge in [-0.05, 0) is 43.5 Å². The molecule has 0 saturated carbocycles. The van der Waals surface area contributed by atoms with Crippen molar-refractivity contribution in [2.24, 2.45) is 0 Å². The van der Waals surface area contributed by atoms with Crippen LogP contribution in [0.15, 0.2) is 24.3 Å². The summed E-state index contributed by atoms with van der Waals surface area (Å²) in [4.78, 5) is 14.4. The highest BCUT2D eigenvalue weighted by atomic mass is 16.2. The first-order valence-corrected chi connectivity index (χ1v) is 7.11. The summed E-state index contributed by atoms with van der Waals surface area (Å²) >= 11 is 0. The summed E-state index contributed by atoms with van der Waals surface area (Å²) < 4.78 is 0. The lowest BCUT2D eigenvalue weighted by atomic mass is 9.92. The smallest absolute Gasteiger partial charge is 0.242 e. The molecule has 0 aliphatic carbocycles. The molecular weight excluding hydrogens is 250 g/mol. The number of likely N-dealkylation sites (N-methyl/N-ethyl adjacent to an activating group) is 1. The van der Waals surface area contributed by atoms with Gasteiger partial charge in [0.1, 0.15) is 0 Å². The summed E-state index contributed by atoms with van der Waals surface area (Å²) in [5.41, 5.74) is 1.32. The van der Waals surface area contributed by atoms with E-state index in [4.69, 9.17) is 5.26 Å². The van der Waals surface area contributed by atoms with Crippen LogP contribution in [-0.2, 0) is 11.3 Å². The Morgan fingerprint density at radius 2 is 2.15 bits per heavy atom. The predicted molar refractivity (Wildman–Crippen MR) is 77.9 cm³/mol. The summed E-state index contributed by atoms with van der Waals surface area (Å²) in [7, 11) is 1.85. The van der Waals surface area contributed by atoms with Crippen molar-refractivity contribution in [1.29, 1.82) is 5.26 Å². The fourth-order valence-corrected chi connectivity index (χ4v) is 2.84. The van der Waals surface area contributed by atoms with Gasteiger partial charge in [0.25, 0.3) is 0 Å². The van der Waals surface area contributed by atoms with Crippen LogP contribution in [0.1, 0.15) is 37.3 Å². The van der Waals surface area contributed by atoms with E-state index >= 15 is 0 Å². The summed E-state index contributed by atoms with van der Waals surface area (Å²) in [5, 5.41) is 12.2. The third kappa shape index (κ3) is 2.83. The summed E-state index contributed by atoms with van der Waals surface area (Å²) in [6.45, 7) is 3.56. The molecular formula is C16H21N3O. The zero-order chi connectivity index (χ0) is 14.6. The minimum atomic E-state index is -0.374. The number of amides is 1. The molecule has 1 aliphatic heterocycles. The molecule has 0 aromatic heterocycles. The molecule has 1 saturated heterocycles. The Labute approximate surface area is 120 Å². The molecule has 1 N–H and O–H groups in total. The standard InChI is InChI=1S/C16H21N3O/c1-3-16(9-4-10-18-16)15(20)19(2)12-14-7-5-13(11-17)6-8-14/h5-8,18H,3-4,9-10,12H2,1-2H3. The number of rotatable bonds is 4. The summed E-state index contributed by atoms with van der Waals surface area (Å²) in [6, 6.07) is 9.49. The number of nitriles is 1. The van der Waals surface area contributed by atoms with E-state index in [1.807, 2.05) is 19.2 Å². The van der Waals surface area contributed by atoms with Crippen LogP contribution in [0, 0.1) is 11.3 Å². The first-order chi connectivity index (χ1) is 9.61. The molecule has 20 heavy (non-hydrogen) atoms. The van der Waals surface area contributed by atoms with Gasteiger partial charge in [0.15, 0.2) is 0 Å². The minimum absolute atomic E-state index is 0.168. The molecule has 0 radical (unpaired) electrons. The van der Waals surface area contributed by atoms with Crippen molar-refractivity contribution < 1.29 is 4.79 Å². The van der Waals surface area contributed by atoms with Gasteiger partial charge in [-0.1, -0.05) is 19.1 Å². The van der Waals surface area contributed by atoms with Gasteiger partial charge in [-0.15, -0.1) is 0 Å². The average molecular weight is 271 g/mol. The van der Waals surface area contributed by atoms with Gasteiger partial charge in [0.2, 0.25) is 5.91 Å². The fourth-order valence-electron chi connectivity index (χ4n) is 2.84. The van der Waals surface area contributed by atoms with Crippen molar-refractivity contribution in [1.82, 2.24) is 10.2 Å². The first-order valence-electron chi connectivity index (χ1n) is 7.11. The minimum Gasteiger partial charge on any atom is -0.340 e. The maximum atomic E-state index is 12.6. The second-order valence-electron chi connectivity index (χ2n) is 5.44. The van der Waals surface area contributed by atoms with Gasteiger partial charge < -0.3 is 10.2 Å². The third-order valence-electron chi connectivity index (χ3n) is 4.11. The number of hydrogen-bond donors (Lipinski definition) is 1. The van der Waals surface area contributed by atoms with Crippen molar-refractivity contribution >= 4 is 5.91 Å². The van der Waals surface area contributed by atoms with Gasteiger partial charge in [-0.25, -0.2) is 0 Å². The number of nitrogens with zero attached hydrogens (tertiary/aromatic N) is 2. The van der Waals surface area contributed by atoms with Gasteiger partial charge in [-0.2, -0.15) is 5.26 Å². The number of hydrogen-bond acceptors (Lipinski definition) is 3.